The maximum absolute atomic E-state index is 5.23. The van der Waals surface area contributed by atoms with E-state index in [-0.39, 0.29) is 0 Å². The molecule has 2 heteroatoms. The lowest BCUT2D eigenvalue weighted by Crippen LogP contribution is -2.43. The minimum absolute atomic E-state index is 0.539. The molecule has 2 nitrogen and oxygen atoms in total. The molecule has 2 rings (SSSR count). The third-order valence-electron chi connectivity index (χ3n) is 3.45. The Hall–Kier alpha value is -1.30. The molecule has 1 aliphatic heterocycles. The molecular formula is C15H20N2. The van der Waals surface area contributed by atoms with Gasteiger partial charge in [-0.05, 0) is 24.5 Å². The molecule has 0 spiro atoms. The predicted molar refractivity (Wildman–Crippen MR) is 71.7 cm³/mol. The highest BCUT2D eigenvalue weighted by Gasteiger charge is 2.19. The smallest absolute Gasteiger partial charge is 0.0574 e. The largest absolute Gasteiger partial charge is 0.305 e. The lowest BCUT2D eigenvalue weighted by Gasteiger charge is -2.33. The zero-order valence-corrected chi connectivity index (χ0v) is 10.4. The number of rotatable bonds is 4. The van der Waals surface area contributed by atoms with Crippen LogP contribution in [0.2, 0.25) is 0 Å². The third-order valence-corrected chi connectivity index (χ3v) is 3.45. The van der Waals surface area contributed by atoms with Gasteiger partial charge in [0.1, 0.15) is 0 Å². The molecule has 1 atom stereocenters. The summed E-state index contributed by atoms with van der Waals surface area (Å²) in [6.07, 6.45) is 6.39. The summed E-state index contributed by atoms with van der Waals surface area (Å²) in [6, 6.07) is 9.28. The van der Waals surface area contributed by atoms with Crippen LogP contribution >= 0.6 is 0 Å². The minimum atomic E-state index is 0.539. The summed E-state index contributed by atoms with van der Waals surface area (Å²) in [7, 11) is 0. The number of nitrogens with one attached hydrogen (secondary N) is 1. The average Bonchev–Trinajstić information content (AvgIpc) is 2.38. The Kier molecular flexibility index (Phi) is 4.19. The van der Waals surface area contributed by atoms with Crippen molar-refractivity contribution in [3.8, 4) is 12.3 Å². The molecule has 0 amide bonds. The van der Waals surface area contributed by atoms with Gasteiger partial charge in [0.25, 0.3) is 0 Å². The van der Waals surface area contributed by atoms with Crippen LogP contribution in [-0.4, -0.2) is 30.6 Å². The summed E-state index contributed by atoms with van der Waals surface area (Å²) in [5, 5.41) is 3.28. The van der Waals surface area contributed by atoms with Crippen LogP contribution in [0.1, 0.15) is 18.1 Å². The molecule has 1 aliphatic rings. The summed E-state index contributed by atoms with van der Waals surface area (Å²) in [5.41, 5.74) is 2.98. The lowest BCUT2D eigenvalue weighted by atomic mass is 9.99. The summed E-state index contributed by atoms with van der Waals surface area (Å²) < 4.78 is 0. The Morgan fingerprint density at radius 1 is 1.41 bits per heavy atom. The van der Waals surface area contributed by atoms with Crippen molar-refractivity contribution in [1.29, 1.82) is 0 Å². The molecule has 90 valence electrons. The number of benzene rings is 1. The summed E-state index contributed by atoms with van der Waals surface area (Å²) in [5.74, 6) is 2.61. The topological polar surface area (TPSA) is 15.3 Å². The first kappa shape index (κ1) is 12.2. The highest BCUT2D eigenvalue weighted by molar-refractivity contribution is 5.29. The van der Waals surface area contributed by atoms with Gasteiger partial charge in [0.15, 0.2) is 0 Å². The number of terminal acetylenes is 1. The summed E-state index contributed by atoms with van der Waals surface area (Å²) >= 11 is 0. The molecule has 0 bridgehead atoms. The molecule has 1 N–H and O–H groups in total. The Balaban J connectivity index is 1.91. The molecule has 0 aromatic heterocycles. The van der Waals surface area contributed by atoms with Gasteiger partial charge in [-0.1, -0.05) is 30.2 Å². The SMILES string of the molecule is C#CCNCC(C)N1CCc2ccccc2C1. The van der Waals surface area contributed by atoms with Crippen LogP contribution in [0.25, 0.3) is 0 Å². The first-order chi connectivity index (χ1) is 8.31. The zero-order valence-electron chi connectivity index (χ0n) is 10.4. The quantitative estimate of drug-likeness (QED) is 0.623. The maximum atomic E-state index is 5.23. The maximum Gasteiger partial charge on any atom is 0.0574 e. The second kappa shape index (κ2) is 5.86. The number of hydrogen-bond donors (Lipinski definition) is 1. The van der Waals surface area contributed by atoms with Crippen molar-refractivity contribution in [3.05, 3.63) is 35.4 Å². The number of fused-ring (bicyclic) bond motifs is 1. The highest BCUT2D eigenvalue weighted by Crippen LogP contribution is 2.19. The minimum Gasteiger partial charge on any atom is -0.305 e. The molecule has 1 heterocycles. The lowest BCUT2D eigenvalue weighted by molar-refractivity contribution is 0.188. The van der Waals surface area contributed by atoms with E-state index in [1.54, 1.807) is 0 Å². The second-order valence-corrected chi connectivity index (χ2v) is 4.67. The van der Waals surface area contributed by atoms with Gasteiger partial charge < -0.3 is 5.32 Å². The van der Waals surface area contributed by atoms with E-state index in [1.807, 2.05) is 0 Å². The highest BCUT2D eigenvalue weighted by atomic mass is 15.2. The Morgan fingerprint density at radius 3 is 2.94 bits per heavy atom. The predicted octanol–water partition coefficient (Wildman–Crippen LogP) is 1.66. The third kappa shape index (κ3) is 3.09. The fourth-order valence-corrected chi connectivity index (χ4v) is 2.38. The number of hydrogen-bond acceptors (Lipinski definition) is 2. The van der Waals surface area contributed by atoms with Gasteiger partial charge in [0, 0.05) is 25.7 Å². The standard InChI is InChI=1S/C15H20N2/c1-3-9-16-11-13(2)17-10-8-14-6-4-5-7-15(14)12-17/h1,4-7,13,16H,8-12H2,2H3. The van der Waals surface area contributed by atoms with Crippen molar-refractivity contribution < 1.29 is 0 Å². The van der Waals surface area contributed by atoms with Crippen LogP contribution in [0.3, 0.4) is 0 Å². The van der Waals surface area contributed by atoms with Gasteiger partial charge >= 0.3 is 0 Å². The molecule has 0 saturated carbocycles. The zero-order chi connectivity index (χ0) is 12.1. The van der Waals surface area contributed by atoms with Crippen LogP contribution in [0.5, 0.6) is 0 Å². The molecule has 1 aromatic carbocycles. The van der Waals surface area contributed by atoms with Gasteiger partial charge in [-0.2, -0.15) is 0 Å². The first-order valence-corrected chi connectivity index (χ1v) is 6.26. The van der Waals surface area contributed by atoms with Crippen LogP contribution in [0, 0.1) is 12.3 Å². The molecule has 1 unspecified atom stereocenters. The van der Waals surface area contributed by atoms with Crippen molar-refractivity contribution in [1.82, 2.24) is 10.2 Å². The van der Waals surface area contributed by atoms with Crippen molar-refractivity contribution in [2.75, 3.05) is 19.6 Å². The van der Waals surface area contributed by atoms with E-state index in [0.29, 0.717) is 12.6 Å². The van der Waals surface area contributed by atoms with Crippen LogP contribution in [0.4, 0.5) is 0 Å². The molecule has 0 aliphatic carbocycles. The van der Waals surface area contributed by atoms with E-state index in [2.05, 4.69) is 47.3 Å². The van der Waals surface area contributed by atoms with E-state index >= 15 is 0 Å². The van der Waals surface area contributed by atoms with Gasteiger partial charge in [0.05, 0.1) is 6.54 Å². The van der Waals surface area contributed by atoms with Crippen molar-refractivity contribution in [2.45, 2.75) is 25.9 Å². The van der Waals surface area contributed by atoms with Crippen LogP contribution in [0.15, 0.2) is 24.3 Å². The molecule has 0 radical (unpaired) electrons. The molecular weight excluding hydrogens is 208 g/mol. The Labute approximate surface area is 104 Å². The van der Waals surface area contributed by atoms with Gasteiger partial charge in [-0.15, -0.1) is 6.42 Å². The fourth-order valence-electron chi connectivity index (χ4n) is 2.38. The normalized spacial score (nSPS) is 17.2. The van der Waals surface area contributed by atoms with E-state index in [0.717, 1.165) is 26.1 Å². The van der Waals surface area contributed by atoms with Gasteiger partial charge in [0.2, 0.25) is 0 Å². The van der Waals surface area contributed by atoms with Crippen molar-refractivity contribution >= 4 is 0 Å². The van der Waals surface area contributed by atoms with Gasteiger partial charge in [-0.3, -0.25) is 4.90 Å². The molecule has 0 fully saturated rings. The second-order valence-electron chi connectivity index (χ2n) is 4.67. The fraction of sp³-hybridized carbons (Fsp3) is 0.467. The van der Waals surface area contributed by atoms with Crippen molar-refractivity contribution in [3.63, 3.8) is 0 Å². The van der Waals surface area contributed by atoms with E-state index in [4.69, 9.17) is 6.42 Å². The van der Waals surface area contributed by atoms with Crippen LogP contribution in [-0.2, 0) is 13.0 Å². The summed E-state index contributed by atoms with van der Waals surface area (Å²) in [4.78, 5) is 2.52. The Morgan fingerprint density at radius 2 is 2.18 bits per heavy atom. The molecule has 0 saturated heterocycles. The van der Waals surface area contributed by atoms with Crippen LogP contribution < -0.4 is 5.32 Å². The van der Waals surface area contributed by atoms with Gasteiger partial charge in [-0.25, -0.2) is 0 Å². The van der Waals surface area contributed by atoms with E-state index in [1.165, 1.54) is 11.1 Å². The Bertz CT molecular complexity index is 406. The molecule has 1 aromatic rings. The molecule has 17 heavy (non-hydrogen) atoms. The summed E-state index contributed by atoms with van der Waals surface area (Å²) in [6.45, 7) is 6.10. The average molecular weight is 228 g/mol. The monoisotopic (exact) mass is 228 g/mol. The van der Waals surface area contributed by atoms with Crippen molar-refractivity contribution in [2.24, 2.45) is 0 Å². The van der Waals surface area contributed by atoms with E-state index < -0.39 is 0 Å². The first-order valence-electron chi connectivity index (χ1n) is 6.26. The number of nitrogens with zero attached hydrogens (tertiary/aromatic N) is 1. The van der Waals surface area contributed by atoms with E-state index in [9.17, 15) is 0 Å².